The van der Waals surface area contributed by atoms with Gasteiger partial charge in [-0.1, -0.05) is 18.3 Å². The lowest BCUT2D eigenvalue weighted by Crippen LogP contribution is -2.20. The molecule has 6 nitrogen and oxygen atoms in total. The number of aromatic nitrogens is 3. The van der Waals surface area contributed by atoms with Crippen molar-refractivity contribution in [3.8, 4) is 0 Å². The maximum atomic E-state index is 11.4. The molecule has 0 aromatic carbocycles. The number of nitrogens with zero attached hydrogens (tertiary/aromatic N) is 1. The van der Waals surface area contributed by atoms with Crippen LogP contribution in [-0.4, -0.2) is 32.7 Å². The third-order valence-electron chi connectivity index (χ3n) is 2.76. The van der Waals surface area contributed by atoms with E-state index in [9.17, 15) is 4.79 Å². The van der Waals surface area contributed by atoms with Gasteiger partial charge in [0.15, 0.2) is 10.6 Å². The monoisotopic (exact) mass is 300 g/mol. The van der Waals surface area contributed by atoms with Gasteiger partial charge >= 0.3 is 4.87 Å². The van der Waals surface area contributed by atoms with E-state index in [2.05, 4.69) is 20.3 Å². The highest BCUT2D eigenvalue weighted by molar-refractivity contribution is 7.71. The topological polar surface area (TPSA) is 93.8 Å². The van der Waals surface area contributed by atoms with Gasteiger partial charge in [-0.2, -0.15) is 0 Å². The normalized spacial score (nSPS) is 14.5. The molecule has 2 aromatic heterocycles. The van der Waals surface area contributed by atoms with Crippen LogP contribution in [0, 0.1) is 10.7 Å². The Balaban J connectivity index is 2.29. The van der Waals surface area contributed by atoms with E-state index in [1.54, 1.807) is 0 Å². The SMILES string of the molecule is CC(C[C@@H](C)CO)Nc1nc(=S)[nH]c2[nH]c(=O)sc12. The van der Waals surface area contributed by atoms with Crippen molar-refractivity contribution in [2.24, 2.45) is 5.92 Å². The lowest BCUT2D eigenvalue weighted by atomic mass is 10.0. The van der Waals surface area contributed by atoms with Crippen LogP contribution < -0.4 is 10.2 Å². The van der Waals surface area contributed by atoms with Crippen LogP contribution in [0.15, 0.2) is 4.79 Å². The van der Waals surface area contributed by atoms with Crippen LogP contribution in [-0.2, 0) is 0 Å². The molecule has 4 N–H and O–H groups in total. The van der Waals surface area contributed by atoms with Crippen LogP contribution in [0.2, 0.25) is 0 Å². The minimum absolute atomic E-state index is 0.131. The molecule has 0 aliphatic rings. The fourth-order valence-corrected chi connectivity index (χ4v) is 2.88. The number of nitrogens with one attached hydrogen (secondary N) is 3. The molecule has 2 atom stereocenters. The molecule has 2 rings (SSSR count). The second kappa shape index (κ2) is 5.81. The third-order valence-corrected chi connectivity index (χ3v) is 3.84. The predicted molar refractivity (Wildman–Crippen MR) is 79.4 cm³/mol. The molecule has 1 unspecified atom stereocenters. The number of fused-ring (bicyclic) bond motifs is 1. The number of hydrogen-bond donors (Lipinski definition) is 4. The number of anilines is 1. The summed E-state index contributed by atoms with van der Waals surface area (Å²) in [7, 11) is 0. The average molecular weight is 300 g/mol. The zero-order chi connectivity index (χ0) is 14.0. The first-order chi connectivity index (χ1) is 8.99. The van der Waals surface area contributed by atoms with E-state index in [-0.39, 0.29) is 23.4 Å². The second-order valence-electron chi connectivity index (χ2n) is 4.68. The molecular formula is C11H16N4O2S2. The van der Waals surface area contributed by atoms with E-state index >= 15 is 0 Å². The molecular weight excluding hydrogens is 284 g/mol. The number of thiazole rings is 1. The van der Waals surface area contributed by atoms with Gasteiger partial charge in [-0.05, 0) is 31.5 Å². The van der Waals surface area contributed by atoms with Crippen LogP contribution in [0.1, 0.15) is 20.3 Å². The zero-order valence-corrected chi connectivity index (χ0v) is 12.3. The summed E-state index contributed by atoms with van der Waals surface area (Å²) < 4.78 is 1.06. The molecule has 0 amide bonds. The van der Waals surface area contributed by atoms with E-state index in [4.69, 9.17) is 17.3 Å². The third kappa shape index (κ3) is 3.40. The van der Waals surface area contributed by atoms with Crippen molar-refractivity contribution < 1.29 is 5.11 Å². The van der Waals surface area contributed by atoms with Crippen molar-refractivity contribution in [2.45, 2.75) is 26.3 Å². The maximum absolute atomic E-state index is 11.4. The van der Waals surface area contributed by atoms with Gasteiger partial charge in [-0.15, -0.1) is 0 Å². The average Bonchev–Trinajstić information content (AvgIpc) is 2.69. The number of H-pyrrole nitrogens is 2. The lowest BCUT2D eigenvalue weighted by molar-refractivity contribution is 0.227. The van der Waals surface area contributed by atoms with Gasteiger partial charge in [0.05, 0.1) is 0 Å². The van der Waals surface area contributed by atoms with Crippen LogP contribution in [0.3, 0.4) is 0 Å². The Labute approximate surface area is 118 Å². The summed E-state index contributed by atoms with van der Waals surface area (Å²) in [6.07, 6.45) is 0.810. The zero-order valence-electron chi connectivity index (χ0n) is 10.7. The molecule has 2 aromatic rings. The van der Waals surface area contributed by atoms with E-state index in [1.807, 2.05) is 13.8 Å². The van der Waals surface area contributed by atoms with Crippen molar-refractivity contribution in [2.75, 3.05) is 11.9 Å². The fourth-order valence-electron chi connectivity index (χ4n) is 1.94. The Morgan fingerprint density at radius 1 is 1.47 bits per heavy atom. The Hall–Kier alpha value is -1.25. The molecule has 0 radical (unpaired) electrons. The smallest absolute Gasteiger partial charge is 0.306 e. The molecule has 0 fully saturated rings. The van der Waals surface area contributed by atoms with Crippen LogP contribution in [0.4, 0.5) is 5.82 Å². The molecule has 0 aliphatic carbocycles. The highest BCUT2D eigenvalue weighted by Crippen LogP contribution is 2.22. The number of hydrogen-bond acceptors (Lipinski definition) is 6. The van der Waals surface area contributed by atoms with E-state index in [0.29, 0.717) is 16.2 Å². The first-order valence-corrected chi connectivity index (χ1v) is 7.22. The Bertz CT molecular complexity index is 675. The van der Waals surface area contributed by atoms with Crippen molar-refractivity contribution >= 4 is 39.7 Å². The number of aromatic amines is 2. The second-order valence-corrected chi connectivity index (χ2v) is 6.05. The van der Waals surface area contributed by atoms with Gasteiger partial charge in [-0.3, -0.25) is 9.78 Å². The molecule has 0 saturated carbocycles. The van der Waals surface area contributed by atoms with Crippen molar-refractivity contribution in [3.63, 3.8) is 0 Å². The van der Waals surface area contributed by atoms with E-state index in [1.165, 1.54) is 0 Å². The summed E-state index contributed by atoms with van der Waals surface area (Å²) in [5.41, 5.74) is 0.597. The summed E-state index contributed by atoms with van der Waals surface area (Å²) in [5, 5.41) is 12.3. The van der Waals surface area contributed by atoms with E-state index in [0.717, 1.165) is 22.5 Å². The van der Waals surface area contributed by atoms with Gasteiger partial charge < -0.3 is 15.4 Å². The van der Waals surface area contributed by atoms with Crippen LogP contribution >= 0.6 is 23.6 Å². The summed E-state index contributed by atoms with van der Waals surface area (Å²) in [5.74, 6) is 0.820. The molecule has 0 aliphatic heterocycles. The number of aliphatic hydroxyl groups is 1. The van der Waals surface area contributed by atoms with Crippen LogP contribution in [0.25, 0.3) is 10.3 Å². The first-order valence-electron chi connectivity index (χ1n) is 6.00. The summed E-state index contributed by atoms with van der Waals surface area (Å²) in [6.45, 7) is 4.14. The Morgan fingerprint density at radius 2 is 2.21 bits per heavy atom. The Kier molecular flexibility index (Phi) is 4.33. The first kappa shape index (κ1) is 14.2. The van der Waals surface area contributed by atoms with Crippen molar-refractivity contribution in [1.29, 1.82) is 0 Å². The van der Waals surface area contributed by atoms with Gasteiger partial charge in [0.25, 0.3) is 0 Å². The lowest BCUT2D eigenvalue weighted by Gasteiger charge is -2.17. The molecule has 0 saturated heterocycles. The fraction of sp³-hybridized carbons (Fsp3) is 0.545. The van der Waals surface area contributed by atoms with Gasteiger partial charge in [-0.25, -0.2) is 4.98 Å². The molecule has 0 bridgehead atoms. The van der Waals surface area contributed by atoms with Crippen molar-refractivity contribution in [3.05, 3.63) is 14.4 Å². The largest absolute Gasteiger partial charge is 0.396 e. The number of rotatable bonds is 5. The Morgan fingerprint density at radius 3 is 2.89 bits per heavy atom. The minimum atomic E-state index is -0.145. The summed E-state index contributed by atoms with van der Waals surface area (Å²) in [4.78, 5) is 21.0. The maximum Gasteiger partial charge on any atom is 0.306 e. The number of aliphatic hydroxyl groups excluding tert-OH is 1. The summed E-state index contributed by atoms with van der Waals surface area (Å²) in [6, 6.07) is 0.131. The predicted octanol–water partition coefficient (Wildman–Crippen LogP) is 1.86. The standard InChI is InChI=1S/C11H16N4O2S2/c1-5(4-16)3-6(2)12-8-7-9(14-10(18)13-8)15-11(17)19-7/h5-6,16H,3-4H2,1-2H3,(H3,12,13,14,15,17,18)/t5-,6?/m1/s1. The molecule has 8 heteroatoms. The quantitative estimate of drug-likeness (QED) is 0.632. The molecule has 2 heterocycles. The van der Waals surface area contributed by atoms with Gasteiger partial charge in [0.2, 0.25) is 0 Å². The van der Waals surface area contributed by atoms with Crippen molar-refractivity contribution in [1.82, 2.24) is 15.0 Å². The van der Waals surface area contributed by atoms with E-state index < -0.39 is 0 Å². The molecule has 104 valence electrons. The minimum Gasteiger partial charge on any atom is -0.396 e. The highest BCUT2D eigenvalue weighted by Gasteiger charge is 2.12. The summed E-state index contributed by atoms with van der Waals surface area (Å²) >= 11 is 6.13. The highest BCUT2D eigenvalue weighted by atomic mass is 32.1. The van der Waals surface area contributed by atoms with Gasteiger partial charge in [0, 0.05) is 12.6 Å². The van der Waals surface area contributed by atoms with Crippen LogP contribution in [0.5, 0.6) is 0 Å². The van der Waals surface area contributed by atoms with Gasteiger partial charge in [0.1, 0.15) is 10.3 Å². The molecule has 0 spiro atoms. The molecule has 19 heavy (non-hydrogen) atoms.